The molecule has 1 aliphatic rings. The van der Waals surface area contributed by atoms with Crippen LogP contribution in [0.1, 0.15) is 19.8 Å². The zero-order valence-corrected chi connectivity index (χ0v) is 12.4. The van der Waals surface area contributed by atoms with Gasteiger partial charge in [0, 0.05) is 5.69 Å². The van der Waals surface area contributed by atoms with Gasteiger partial charge in [0.05, 0.1) is 10.0 Å². The first-order chi connectivity index (χ1) is 9.39. The predicted octanol–water partition coefficient (Wildman–Crippen LogP) is 3.09. The Morgan fingerprint density at radius 2 is 2.10 bits per heavy atom. The van der Waals surface area contributed by atoms with Gasteiger partial charge in [-0.05, 0) is 37.0 Å². The quantitative estimate of drug-likeness (QED) is 0.346. The van der Waals surface area contributed by atoms with Crippen molar-refractivity contribution in [3.8, 4) is 0 Å². The van der Waals surface area contributed by atoms with E-state index in [1.165, 1.54) is 0 Å². The van der Waals surface area contributed by atoms with Crippen molar-refractivity contribution < 1.29 is 10.0 Å². The molecule has 0 aliphatic heterocycles. The molecule has 1 aromatic rings. The summed E-state index contributed by atoms with van der Waals surface area (Å²) in [6.07, 6.45) is 1.10. The van der Waals surface area contributed by atoms with Crippen molar-refractivity contribution in [3.63, 3.8) is 0 Å². The van der Waals surface area contributed by atoms with Crippen LogP contribution in [0.15, 0.2) is 23.4 Å². The van der Waals surface area contributed by atoms with Gasteiger partial charge in [-0.1, -0.05) is 35.3 Å². The summed E-state index contributed by atoms with van der Waals surface area (Å²) in [4.78, 5) is 12.4. The molecule has 5 nitrogen and oxygen atoms in total. The molecule has 4 N–H and O–H groups in total. The molecular formula is C13H15Cl2N3O2. The SMILES string of the molecule is CC1CC(C(=O)Nc2ccc(Cl)c(Cl)c2)(/C(N)=N/O)C1. The third-order valence-corrected chi connectivity index (χ3v) is 4.34. The third-order valence-electron chi connectivity index (χ3n) is 3.60. The summed E-state index contributed by atoms with van der Waals surface area (Å²) in [5, 5.41) is 15.4. The summed E-state index contributed by atoms with van der Waals surface area (Å²) in [7, 11) is 0. The number of benzene rings is 1. The highest BCUT2D eigenvalue weighted by Gasteiger charge is 2.52. The number of halogens is 2. The maximum Gasteiger partial charge on any atom is 0.238 e. The molecule has 0 aromatic heterocycles. The fourth-order valence-electron chi connectivity index (χ4n) is 2.56. The molecule has 0 spiro atoms. The highest BCUT2D eigenvalue weighted by molar-refractivity contribution is 6.42. The second-order valence-corrected chi connectivity index (χ2v) is 5.98. The van der Waals surface area contributed by atoms with Crippen LogP contribution in [0.5, 0.6) is 0 Å². The molecule has 0 saturated heterocycles. The van der Waals surface area contributed by atoms with Gasteiger partial charge in [0.15, 0.2) is 5.84 Å². The lowest BCUT2D eigenvalue weighted by Gasteiger charge is -2.43. The van der Waals surface area contributed by atoms with Crippen molar-refractivity contribution in [1.82, 2.24) is 0 Å². The number of carbonyl (C=O) groups is 1. The first-order valence-corrected chi connectivity index (χ1v) is 6.89. The Morgan fingerprint density at radius 3 is 2.60 bits per heavy atom. The fourth-order valence-corrected chi connectivity index (χ4v) is 2.86. The molecule has 2 rings (SSSR count). The lowest BCUT2D eigenvalue weighted by atomic mass is 9.61. The van der Waals surface area contributed by atoms with Gasteiger partial charge in [-0.15, -0.1) is 0 Å². The van der Waals surface area contributed by atoms with E-state index in [1.807, 2.05) is 6.92 Å². The highest BCUT2D eigenvalue weighted by atomic mass is 35.5. The van der Waals surface area contributed by atoms with Crippen LogP contribution in [0.3, 0.4) is 0 Å². The molecule has 1 saturated carbocycles. The topological polar surface area (TPSA) is 87.7 Å². The van der Waals surface area contributed by atoms with Crippen LogP contribution in [0, 0.1) is 11.3 Å². The van der Waals surface area contributed by atoms with Gasteiger partial charge in [-0.25, -0.2) is 0 Å². The van der Waals surface area contributed by atoms with Crippen LogP contribution in [0.4, 0.5) is 5.69 Å². The van der Waals surface area contributed by atoms with Crippen molar-refractivity contribution in [2.75, 3.05) is 5.32 Å². The molecule has 1 amide bonds. The van der Waals surface area contributed by atoms with E-state index in [9.17, 15) is 4.79 Å². The normalized spacial score (nSPS) is 25.9. The number of nitrogens with zero attached hydrogens (tertiary/aromatic N) is 1. The molecule has 1 aromatic carbocycles. The Kier molecular flexibility index (Phi) is 4.11. The van der Waals surface area contributed by atoms with E-state index in [1.54, 1.807) is 18.2 Å². The number of anilines is 1. The van der Waals surface area contributed by atoms with E-state index in [2.05, 4.69) is 10.5 Å². The summed E-state index contributed by atoms with van der Waals surface area (Å²) < 4.78 is 0. The van der Waals surface area contributed by atoms with Gasteiger partial charge < -0.3 is 16.3 Å². The number of nitrogens with one attached hydrogen (secondary N) is 1. The first-order valence-electron chi connectivity index (χ1n) is 6.13. The number of amidine groups is 1. The summed E-state index contributed by atoms with van der Waals surface area (Å²) in [5.74, 6) is -0.00712. The fraction of sp³-hybridized carbons (Fsp3) is 0.385. The van der Waals surface area contributed by atoms with Gasteiger partial charge in [0.2, 0.25) is 5.91 Å². The highest BCUT2D eigenvalue weighted by Crippen LogP contribution is 2.46. The van der Waals surface area contributed by atoms with Crippen LogP contribution in [-0.2, 0) is 4.79 Å². The summed E-state index contributed by atoms with van der Waals surface area (Å²) >= 11 is 11.7. The van der Waals surface area contributed by atoms with Crippen LogP contribution >= 0.6 is 23.2 Å². The summed E-state index contributed by atoms with van der Waals surface area (Å²) in [6.45, 7) is 2.01. The van der Waals surface area contributed by atoms with Gasteiger partial charge >= 0.3 is 0 Å². The van der Waals surface area contributed by atoms with Gasteiger partial charge in [-0.2, -0.15) is 0 Å². The number of carbonyl (C=O) groups excluding carboxylic acids is 1. The van der Waals surface area contributed by atoms with E-state index >= 15 is 0 Å². The van der Waals surface area contributed by atoms with E-state index in [4.69, 9.17) is 34.1 Å². The average Bonchev–Trinajstić information content (AvgIpc) is 2.38. The maximum absolute atomic E-state index is 12.4. The number of hydrogen-bond donors (Lipinski definition) is 3. The van der Waals surface area contributed by atoms with Crippen molar-refractivity contribution in [2.24, 2.45) is 22.2 Å². The van der Waals surface area contributed by atoms with E-state index in [0.717, 1.165) is 0 Å². The van der Waals surface area contributed by atoms with E-state index in [0.29, 0.717) is 34.5 Å². The molecule has 7 heteroatoms. The molecule has 1 aliphatic carbocycles. The Balaban J connectivity index is 2.20. The lowest BCUT2D eigenvalue weighted by Crippen LogP contribution is -2.54. The Hall–Kier alpha value is -1.46. The van der Waals surface area contributed by atoms with Crippen molar-refractivity contribution >= 4 is 40.6 Å². The van der Waals surface area contributed by atoms with Crippen LogP contribution in [0.2, 0.25) is 10.0 Å². The average molecular weight is 316 g/mol. The predicted molar refractivity (Wildman–Crippen MR) is 79.3 cm³/mol. The number of rotatable bonds is 3. The second kappa shape index (κ2) is 5.50. The second-order valence-electron chi connectivity index (χ2n) is 5.16. The van der Waals surface area contributed by atoms with Gasteiger partial charge in [0.1, 0.15) is 5.41 Å². The lowest BCUT2D eigenvalue weighted by molar-refractivity contribution is -0.127. The van der Waals surface area contributed by atoms with Crippen LogP contribution in [0.25, 0.3) is 0 Å². The zero-order valence-electron chi connectivity index (χ0n) is 10.9. The Morgan fingerprint density at radius 1 is 1.45 bits per heavy atom. The Labute approximate surface area is 126 Å². The number of oxime groups is 1. The number of nitrogens with two attached hydrogens (primary N) is 1. The minimum atomic E-state index is -0.944. The zero-order chi connectivity index (χ0) is 14.9. The van der Waals surface area contributed by atoms with E-state index < -0.39 is 5.41 Å². The third kappa shape index (κ3) is 2.55. The molecule has 1 fully saturated rings. The molecule has 20 heavy (non-hydrogen) atoms. The Bertz CT molecular complexity index is 569. The molecule has 0 radical (unpaired) electrons. The van der Waals surface area contributed by atoms with Crippen molar-refractivity contribution in [2.45, 2.75) is 19.8 Å². The summed E-state index contributed by atoms with van der Waals surface area (Å²) in [5.41, 5.74) is 5.25. The van der Waals surface area contributed by atoms with Crippen molar-refractivity contribution in [3.05, 3.63) is 28.2 Å². The van der Waals surface area contributed by atoms with Gasteiger partial charge in [0.25, 0.3) is 0 Å². The molecule has 0 unspecified atom stereocenters. The molecule has 0 bridgehead atoms. The number of amides is 1. The minimum absolute atomic E-state index is 0.0619. The first kappa shape index (κ1) is 14.9. The largest absolute Gasteiger partial charge is 0.409 e. The standard InChI is InChI=1S/C13H15Cl2N3O2/c1-7-5-13(6-7,11(16)18-20)12(19)17-8-2-3-9(14)10(15)4-8/h2-4,7,20H,5-6H2,1H3,(H2,16,18)(H,17,19). The smallest absolute Gasteiger partial charge is 0.238 e. The van der Waals surface area contributed by atoms with Crippen LogP contribution in [-0.4, -0.2) is 17.0 Å². The van der Waals surface area contributed by atoms with Gasteiger partial charge in [-0.3, -0.25) is 4.79 Å². The van der Waals surface area contributed by atoms with E-state index in [-0.39, 0.29) is 11.7 Å². The molecule has 108 valence electrons. The molecule has 0 atom stereocenters. The monoisotopic (exact) mass is 315 g/mol. The molecule has 0 heterocycles. The number of hydrogen-bond acceptors (Lipinski definition) is 3. The molecular weight excluding hydrogens is 301 g/mol. The van der Waals surface area contributed by atoms with Crippen molar-refractivity contribution in [1.29, 1.82) is 0 Å². The minimum Gasteiger partial charge on any atom is -0.409 e. The van der Waals surface area contributed by atoms with Crippen LogP contribution < -0.4 is 11.1 Å². The summed E-state index contributed by atoms with van der Waals surface area (Å²) in [6, 6.07) is 4.80. The maximum atomic E-state index is 12.4.